The maximum absolute atomic E-state index is 8.96. The van der Waals surface area contributed by atoms with Gasteiger partial charge in [-0.1, -0.05) is 12.1 Å². The van der Waals surface area contributed by atoms with E-state index in [-0.39, 0.29) is 12.0 Å². The summed E-state index contributed by atoms with van der Waals surface area (Å²) in [7, 11) is 1.64. The Morgan fingerprint density at radius 2 is 2.40 bits per heavy atom. The molecule has 1 aromatic rings. The second kappa shape index (κ2) is 4.33. The molecule has 0 aliphatic carbocycles. The summed E-state index contributed by atoms with van der Waals surface area (Å²) in [5.74, 6) is 0.775. The Bertz CT molecular complexity index is 383. The Balaban J connectivity index is 2.25. The largest absolute Gasteiger partial charge is 0.497 e. The predicted octanol–water partition coefficient (Wildman–Crippen LogP) is 2.30. The van der Waals surface area contributed by atoms with Crippen molar-refractivity contribution in [1.82, 2.24) is 0 Å². The summed E-state index contributed by atoms with van der Waals surface area (Å²) < 4.78 is 10.7. The molecular formula is C12H13NO2. The molecule has 0 N–H and O–H groups in total. The van der Waals surface area contributed by atoms with Crippen LogP contribution in [0.15, 0.2) is 24.3 Å². The van der Waals surface area contributed by atoms with E-state index in [1.807, 2.05) is 24.3 Å². The first-order chi connectivity index (χ1) is 7.35. The molecule has 1 heterocycles. The van der Waals surface area contributed by atoms with Crippen LogP contribution in [0.5, 0.6) is 5.75 Å². The minimum atomic E-state index is -0.0925. The molecule has 15 heavy (non-hydrogen) atoms. The van der Waals surface area contributed by atoms with E-state index in [2.05, 4.69) is 6.07 Å². The van der Waals surface area contributed by atoms with E-state index in [1.54, 1.807) is 7.11 Å². The highest BCUT2D eigenvalue weighted by Crippen LogP contribution is 2.35. The van der Waals surface area contributed by atoms with Crippen LogP contribution in [0.25, 0.3) is 0 Å². The zero-order chi connectivity index (χ0) is 10.7. The monoisotopic (exact) mass is 203 g/mol. The quantitative estimate of drug-likeness (QED) is 0.740. The first-order valence-electron chi connectivity index (χ1n) is 5.00. The first-order valence-corrected chi connectivity index (χ1v) is 5.00. The average molecular weight is 203 g/mol. The lowest BCUT2D eigenvalue weighted by Gasteiger charge is -2.13. The fourth-order valence-electron chi connectivity index (χ4n) is 1.87. The summed E-state index contributed by atoms with van der Waals surface area (Å²) in [6, 6.07) is 10.00. The molecule has 1 aliphatic heterocycles. The van der Waals surface area contributed by atoms with E-state index >= 15 is 0 Å². The van der Waals surface area contributed by atoms with Gasteiger partial charge in [-0.25, -0.2) is 0 Å². The molecule has 78 valence electrons. The van der Waals surface area contributed by atoms with Crippen molar-refractivity contribution in [1.29, 1.82) is 5.26 Å². The Labute approximate surface area is 89.2 Å². The van der Waals surface area contributed by atoms with E-state index in [1.165, 1.54) is 0 Å². The maximum Gasteiger partial charge on any atom is 0.119 e. The van der Waals surface area contributed by atoms with Gasteiger partial charge in [-0.2, -0.15) is 5.26 Å². The van der Waals surface area contributed by atoms with Crippen molar-refractivity contribution in [2.24, 2.45) is 5.92 Å². The predicted molar refractivity (Wildman–Crippen MR) is 55.4 cm³/mol. The van der Waals surface area contributed by atoms with Gasteiger partial charge in [0.2, 0.25) is 0 Å². The van der Waals surface area contributed by atoms with Gasteiger partial charge in [-0.15, -0.1) is 0 Å². The Hall–Kier alpha value is -1.53. The van der Waals surface area contributed by atoms with Crippen LogP contribution >= 0.6 is 0 Å². The normalized spacial score (nSPS) is 24.8. The van der Waals surface area contributed by atoms with E-state index in [0.29, 0.717) is 6.61 Å². The van der Waals surface area contributed by atoms with Gasteiger partial charge in [0.1, 0.15) is 5.75 Å². The number of nitriles is 1. The number of hydrogen-bond acceptors (Lipinski definition) is 3. The Morgan fingerprint density at radius 3 is 3.13 bits per heavy atom. The molecule has 0 amide bonds. The number of hydrogen-bond donors (Lipinski definition) is 0. The molecule has 2 rings (SSSR count). The summed E-state index contributed by atoms with van der Waals surface area (Å²) in [5.41, 5.74) is 1.03. The first kappa shape index (κ1) is 10.0. The highest BCUT2D eigenvalue weighted by molar-refractivity contribution is 5.31. The van der Waals surface area contributed by atoms with Crippen molar-refractivity contribution >= 4 is 0 Å². The fourth-order valence-corrected chi connectivity index (χ4v) is 1.87. The van der Waals surface area contributed by atoms with Gasteiger partial charge in [0.25, 0.3) is 0 Å². The summed E-state index contributed by atoms with van der Waals surface area (Å²) in [6.45, 7) is 0.667. The summed E-state index contributed by atoms with van der Waals surface area (Å²) in [5, 5.41) is 8.96. The van der Waals surface area contributed by atoms with Gasteiger partial charge in [0.05, 0.1) is 25.2 Å². The van der Waals surface area contributed by atoms with E-state index in [0.717, 1.165) is 17.7 Å². The smallest absolute Gasteiger partial charge is 0.119 e. The molecule has 0 spiro atoms. The van der Waals surface area contributed by atoms with Crippen LogP contribution in [-0.4, -0.2) is 13.7 Å². The van der Waals surface area contributed by atoms with Crippen molar-refractivity contribution < 1.29 is 9.47 Å². The molecule has 0 bridgehead atoms. The molecule has 2 unspecified atom stereocenters. The standard InChI is InChI=1S/C12H13NO2/c1-14-11-4-2-3-9(7-11)12-10(8-13)5-6-15-12/h2-4,7,10,12H,5-6H2,1H3. The van der Waals surface area contributed by atoms with Gasteiger partial charge in [0.15, 0.2) is 0 Å². The molecule has 1 fully saturated rings. The molecule has 2 atom stereocenters. The lowest BCUT2D eigenvalue weighted by atomic mass is 9.97. The zero-order valence-electron chi connectivity index (χ0n) is 8.64. The van der Waals surface area contributed by atoms with E-state index in [4.69, 9.17) is 14.7 Å². The van der Waals surface area contributed by atoms with Gasteiger partial charge < -0.3 is 9.47 Å². The molecule has 1 aliphatic rings. The maximum atomic E-state index is 8.96. The van der Waals surface area contributed by atoms with Crippen LogP contribution in [0.2, 0.25) is 0 Å². The lowest BCUT2D eigenvalue weighted by Crippen LogP contribution is -2.05. The van der Waals surface area contributed by atoms with Crippen molar-refractivity contribution in [3.8, 4) is 11.8 Å². The molecular weight excluding hydrogens is 190 g/mol. The van der Waals surface area contributed by atoms with Crippen molar-refractivity contribution in [2.45, 2.75) is 12.5 Å². The van der Waals surface area contributed by atoms with Crippen LogP contribution in [0.3, 0.4) is 0 Å². The van der Waals surface area contributed by atoms with Crippen LogP contribution in [0, 0.1) is 17.2 Å². The summed E-state index contributed by atoms with van der Waals surface area (Å²) >= 11 is 0. The number of methoxy groups -OCH3 is 1. The Kier molecular flexibility index (Phi) is 2.89. The third-order valence-electron chi connectivity index (χ3n) is 2.68. The molecule has 0 radical (unpaired) electrons. The highest BCUT2D eigenvalue weighted by atomic mass is 16.5. The van der Waals surface area contributed by atoms with Crippen molar-refractivity contribution in [2.75, 3.05) is 13.7 Å². The van der Waals surface area contributed by atoms with Crippen molar-refractivity contribution in [3.63, 3.8) is 0 Å². The highest BCUT2D eigenvalue weighted by Gasteiger charge is 2.29. The minimum Gasteiger partial charge on any atom is -0.497 e. The van der Waals surface area contributed by atoms with Crippen LogP contribution in [0.4, 0.5) is 0 Å². The van der Waals surface area contributed by atoms with E-state index in [9.17, 15) is 0 Å². The van der Waals surface area contributed by atoms with Gasteiger partial charge >= 0.3 is 0 Å². The zero-order valence-corrected chi connectivity index (χ0v) is 8.64. The third kappa shape index (κ3) is 1.95. The second-order valence-electron chi connectivity index (χ2n) is 3.59. The summed E-state index contributed by atoms with van der Waals surface area (Å²) in [4.78, 5) is 0. The Morgan fingerprint density at radius 1 is 1.53 bits per heavy atom. The average Bonchev–Trinajstić information content (AvgIpc) is 2.77. The molecule has 3 heteroatoms. The number of nitrogens with zero attached hydrogens (tertiary/aromatic N) is 1. The minimum absolute atomic E-state index is 0.0305. The number of benzene rings is 1. The van der Waals surface area contributed by atoms with Gasteiger partial charge in [0, 0.05) is 6.61 Å². The molecule has 0 aromatic heterocycles. The lowest BCUT2D eigenvalue weighted by molar-refractivity contribution is 0.100. The van der Waals surface area contributed by atoms with Crippen LogP contribution in [-0.2, 0) is 4.74 Å². The molecule has 0 saturated carbocycles. The van der Waals surface area contributed by atoms with E-state index < -0.39 is 0 Å². The summed E-state index contributed by atoms with van der Waals surface area (Å²) in [6.07, 6.45) is 0.725. The topological polar surface area (TPSA) is 42.2 Å². The second-order valence-corrected chi connectivity index (χ2v) is 3.59. The van der Waals surface area contributed by atoms with Crippen molar-refractivity contribution in [3.05, 3.63) is 29.8 Å². The molecule has 1 aromatic carbocycles. The number of ether oxygens (including phenoxy) is 2. The SMILES string of the molecule is COc1cccc(C2OCCC2C#N)c1. The number of rotatable bonds is 2. The fraction of sp³-hybridized carbons (Fsp3) is 0.417. The van der Waals surface area contributed by atoms with Gasteiger partial charge in [-0.3, -0.25) is 0 Å². The van der Waals surface area contributed by atoms with Crippen LogP contribution in [0.1, 0.15) is 18.1 Å². The van der Waals surface area contributed by atoms with Gasteiger partial charge in [-0.05, 0) is 24.1 Å². The third-order valence-corrected chi connectivity index (χ3v) is 2.68. The van der Waals surface area contributed by atoms with Crippen LogP contribution < -0.4 is 4.74 Å². The molecule has 1 saturated heterocycles. The molecule has 3 nitrogen and oxygen atoms in total.